The molecule has 0 aromatic rings. The highest BCUT2D eigenvalue weighted by Crippen LogP contribution is 2.35. The number of carbonyl (C=O) groups is 1. The van der Waals surface area contributed by atoms with E-state index < -0.39 is 0 Å². The molecule has 2 aliphatic rings. The minimum Gasteiger partial charge on any atom is -0.355 e. The minimum atomic E-state index is 0.243. The zero-order valence-corrected chi connectivity index (χ0v) is 13.1. The fourth-order valence-corrected chi connectivity index (χ4v) is 4.05. The maximum Gasteiger partial charge on any atom is 0.223 e. The van der Waals surface area contributed by atoms with Crippen LogP contribution < -0.4 is 11.1 Å². The van der Waals surface area contributed by atoms with Crippen LogP contribution in [0.3, 0.4) is 0 Å². The van der Waals surface area contributed by atoms with E-state index in [0.29, 0.717) is 17.2 Å². The second-order valence-electron chi connectivity index (χ2n) is 7.40. The number of hydrogen-bond donors (Lipinski definition) is 2. The molecule has 3 heteroatoms. The van der Waals surface area contributed by atoms with Gasteiger partial charge in [0.05, 0.1) is 0 Å². The van der Waals surface area contributed by atoms with Gasteiger partial charge < -0.3 is 11.1 Å². The fraction of sp³-hybridized carbons (Fsp3) is 0.941. The van der Waals surface area contributed by atoms with E-state index in [-0.39, 0.29) is 5.92 Å². The Morgan fingerprint density at radius 2 is 1.95 bits per heavy atom. The molecule has 0 aliphatic heterocycles. The van der Waals surface area contributed by atoms with Gasteiger partial charge in [0.25, 0.3) is 0 Å². The molecule has 2 atom stereocenters. The highest BCUT2D eigenvalue weighted by molar-refractivity contribution is 5.78. The van der Waals surface area contributed by atoms with Crippen LogP contribution in [0.15, 0.2) is 0 Å². The third-order valence-electron chi connectivity index (χ3n) is 5.48. The van der Waals surface area contributed by atoms with E-state index in [1.807, 2.05) is 0 Å². The molecule has 0 spiro atoms. The summed E-state index contributed by atoms with van der Waals surface area (Å²) in [4.78, 5) is 12.4. The maximum absolute atomic E-state index is 12.4. The lowest BCUT2D eigenvalue weighted by atomic mass is 9.75. The Morgan fingerprint density at radius 3 is 2.65 bits per heavy atom. The molecule has 2 saturated carbocycles. The average Bonchev–Trinajstić information content (AvgIpc) is 2.46. The lowest BCUT2D eigenvalue weighted by molar-refractivity contribution is -0.127. The Hall–Kier alpha value is -0.570. The largest absolute Gasteiger partial charge is 0.355 e. The van der Waals surface area contributed by atoms with E-state index in [4.69, 9.17) is 5.73 Å². The van der Waals surface area contributed by atoms with Gasteiger partial charge in [-0.25, -0.2) is 0 Å². The molecule has 3 nitrogen and oxygen atoms in total. The van der Waals surface area contributed by atoms with E-state index in [0.717, 1.165) is 32.4 Å². The predicted molar refractivity (Wildman–Crippen MR) is 83.3 cm³/mol. The molecule has 2 aliphatic carbocycles. The third kappa shape index (κ3) is 4.47. The summed E-state index contributed by atoms with van der Waals surface area (Å²) in [6, 6.07) is 0. The second kappa shape index (κ2) is 7.44. The molecule has 0 heterocycles. The van der Waals surface area contributed by atoms with Crippen molar-refractivity contribution >= 4 is 5.91 Å². The molecule has 2 unspecified atom stereocenters. The second-order valence-corrected chi connectivity index (χ2v) is 7.40. The molecular formula is C17H32N2O. The summed E-state index contributed by atoms with van der Waals surface area (Å²) in [6.07, 6.45) is 12.2. The predicted octanol–water partition coefficient (Wildman–Crippen LogP) is 3.23. The summed E-state index contributed by atoms with van der Waals surface area (Å²) in [6.45, 7) is 3.98. The number of nitrogens with two attached hydrogens (primary N) is 1. The van der Waals surface area contributed by atoms with Crippen molar-refractivity contribution in [1.82, 2.24) is 5.32 Å². The first-order chi connectivity index (χ1) is 9.63. The molecule has 2 fully saturated rings. The van der Waals surface area contributed by atoms with Gasteiger partial charge in [0, 0.05) is 12.5 Å². The molecule has 0 radical (unpaired) electrons. The van der Waals surface area contributed by atoms with Gasteiger partial charge in [-0.15, -0.1) is 0 Å². The van der Waals surface area contributed by atoms with E-state index >= 15 is 0 Å². The van der Waals surface area contributed by atoms with Crippen LogP contribution in [0, 0.1) is 17.3 Å². The van der Waals surface area contributed by atoms with Crippen LogP contribution in [0.4, 0.5) is 0 Å². The van der Waals surface area contributed by atoms with Crippen LogP contribution >= 0.6 is 0 Å². The minimum absolute atomic E-state index is 0.243. The van der Waals surface area contributed by atoms with E-state index in [1.54, 1.807) is 0 Å². The number of nitrogens with one attached hydrogen (secondary N) is 1. The fourth-order valence-electron chi connectivity index (χ4n) is 4.05. The van der Waals surface area contributed by atoms with Gasteiger partial charge in [0.15, 0.2) is 0 Å². The van der Waals surface area contributed by atoms with E-state index in [9.17, 15) is 4.79 Å². The van der Waals surface area contributed by atoms with Gasteiger partial charge in [-0.2, -0.15) is 0 Å². The van der Waals surface area contributed by atoms with Gasteiger partial charge in [0.1, 0.15) is 0 Å². The van der Waals surface area contributed by atoms with Crippen LogP contribution in [0.25, 0.3) is 0 Å². The van der Waals surface area contributed by atoms with Gasteiger partial charge in [-0.05, 0) is 50.0 Å². The number of carbonyl (C=O) groups excluding carboxylic acids is 1. The molecule has 3 N–H and O–H groups in total. The molecule has 0 saturated heterocycles. The van der Waals surface area contributed by atoms with Crippen LogP contribution in [0.5, 0.6) is 0 Å². The Kier molecular flexibility index (Phi) is 5.88. The highest BCUT2D eigenvalue weighted by Gasteiger charge is 2.30. The van der Waals surface area contributed by atoms with Gasteiger partial charge in [-0.1, -0.05) is 39.0 Å². The van der Waals surface area contributed by atoms with Crippen molar-refractivity contribution in [2.24, 2.45) is 23.0 Å². The first-order valence-electron chi connectivity index (χ1n) is 8.61. The lowest BCUT2D eigenvalue weighted by Crippen LogP contribution is -2.41. The summed E-state index contributed by atoms with van der Waals surface area (Å²) in [5.74, 6) is 1.22. The summed E-state index contributed by atoms with van der Waals surface area (Å²) >= 11 is 0. The van der Waals surface area contributed by atoms with Crippen LogP contribution in [-0.2, 0) is 4.79 Å². The normalized spacial score (nSPS) is 29.9. The Bertz CT molecular complexity index is 308. The van der Waals surface area contributed by atoms with Gasteiger partial charge in [-0.3, -0.25) is 4.79 Å². The number of amides is 1. The summed E-state index contributed by atoms with van der Waals surface area (Å²) in [5.41, 5.74) is 6.00. The summed E-state index contributed by atoms with van der Waals surface area (Å²) < 4.78 is 0. The van der Waals surface area contributed by atoms with Crippen LogP contribution in [0.1, 0.15) is 71.1 Å². The Morgan fingerprint density at radius 1 is 1.20 bits per heavy atom. The van der Waals surface area contributed by atoms with Crippen molar-refractivity contribution in [3.8, 4) is 0 Å². The average molecular weight is 280 g/mol. The van der Waals surface area contributed by atoms with Crippen LogP contribution in [0.2, 0.25) is 0 Å². The van der Waals surface area contributed by atoms with E-state index in [2.05, 4.69) is 12.2 Å². The zero-order valence-electron chi connectivity index (χ0n) is 13.1. The molecule has 1 amide bonds. The van der Waals surface area contributed by atoms with Crippen molar-refractivity contribution in [2.75, 3.05) is 13.1 Å². The van der Waals surface area contributed by atoms with E-state index in [1.165, 1.54) is 44.9 Å². The molecule has 116 valence electrons. The smallest absolute Gasteiger partial charge is 0.223 e. The first-order valence-corrected chi connectivity index (χ1v) is 8.61. The van der Waals surface area contributed by atoms with Crippen LogP contribution in [-0.4, -0.2) is 19.0 Å². The van der Waals surface area contributed by atoms with Crippen molar-refractivity contribution in [2.45, 2.75) is 71.1 Å². The lowest BCUT2D eigenvalue weighted by Gasteiger charge is -2.35. The van der Waals surface area contributed by atoms with Crippen molar-refractivity contribution < 1.29 is 4.79 Å². The van der Waals surface area contributed by atoms with Gasteiger partial charge >= 0.3 is 0 Å². The summed E-state index contributed by atoms with van der Waals surface area (Å²) in [7, 11) is 0. The standard InChI is InChI=1S/C17H32N2O/c1-17(9-3-2-4-10-17)13-19-16(20)15-7-5-6-14(12-15)8-11-18/h14-15H,2-13,18H2,1H3,(H,19,20). The molecule has 0 aromatic heterocycles. The van der Waals surface area contributed by atoms with Crippen molar-refractivity contribution in [1.29, 1.82) is 0 Å². The quantitative estimate of drug-likeness (QED) is 0.812. The zero-order chi connectivity index (χ0) is 14.4. The Balaban J connectivity index is 1.76. The highest BCUT2D eigenvalue weighted by atomic mass is 16.1. The SMILES string of the molecule is CC1(CNC(=O)C2CCCC(CCN)C2)CCCCC1. The molecule has 0 aromatic carbocycles. The molecule has 2 rings (SSSR count). The molecular weight excluding hydrogens is 248 g/mol. The topological polar surface area (TPSA) is 55.1 Å². The summed E-state index contributed by atoms with van der Waals surface area (Å²) in [5, 5.41) is 3.26. The molecule has 20 heavy (non-hydrogen) atoms. The number of rotatable bonds is 5. The Labute approximate surface area is 124 Å². The first kappa shape index (κ1) is 15.8. The molecule has 0 bridgehead atoms. The van der Waals surface area contributed by atoms with Crippen molar-refractivity contribution in [3.05, 3.63) is 0 Å². The van der Waals surface area contributed by atoms with Gasteiger partial charge in [0.2, 0.25) is 5.91 Å². The monoisotopic (exact) mass is 280 g/mol. The van der Waals surface area contributed by atoms with Crippen molar-refractivity contribution in [3.63, 3.8) is 0 Å². The third-order valence-corrected chi connectivity index (χ3v) is 5.48. The maximum atomic E-state index is 12.4. The number of hydrogen-bond acceptors (Lipinski definition) is 2.